The van der Waals surface area contributed by atoms with Gasteiger partial charge < -0.3 is 9.80 Å². The van der Waals surface area contributed by atoms with E-state index in [9.17, 15) is 9.59 Å². The molecule has 0 aliphatic carbocycles. The topological polar surface area (TPSA) is 58.4 Å². The van der Waals surface area contributed by atoms with E-state index in [2.05, 4.69) is 5.10 Å². The Morgan fingerprint density at radius 2 is 1.86 bits per heavy atom. The van der Waals surface area contributed by atoms with E-state index in [1.165, 1.54) is 11.3 Å². The van der Waals surface area contributed by atoms with Crippen LogP contribution in [0.1, 0.15) is 28.7 Å². The molecule has 3 heterocycles. The first-order chi connectivity index (χ1) is 13.5. The first kappa shape index (κ1) is 19.0. The lowest BCUT2D eigenvalue weighted by Crippen LogP contribution is -2.50. The van der Waals surface area contributed by atoms with Crippen LogP contribution >= 0.6 is 22.9 Å². The molecule has 8 heteroatoms. The molecule has 0 N–H and O–H groups in total. The summed E-state index contributed by atoms with van der Waals surface area (Å²) in [6.07, 6.45) is 0.504. The van der Waals surface area contributed by atoms with E-state index < -0.39 is 0 Å². The number of thiophene rings is 1. The molecule has 6 nitrogen and oxygen atoms in total. The van der Waals surface area contributed by atoms with Crippen molar-refractivity contribution in [3.63, 3.8) is 0 Å². The van der Waals surface area contributed by atoms with E-state index in [4.69, 9.17) is 11.6 Å². The summed E-state index contributed by atoms with van der Waals surface area (Å²) in [6.45, 7) is 6.13. The van der Waals surface area contributed by atoms with E-state index in [1.54, 1.807) is 0 Å². The van der Waals surface area contributed by atoms with Gasteiger partial charge in [-0.3, -0.25) is 9.59 Å². The predicted molar refractivity (Wildman–Crippen MR) is 111 cm³/mol. The third-order valence-corrected chi connectivity index (χ3v) is 6.36. The number of halogens is 1. The number of benzene rings is 1. The zero-order chi connectivity index (χ0) is 19.8. The van der Waals surface area contributed by atoms with Gasteiger partial charge in [-0.25, -0.2) is 4.68 Å². The Morgan fingerprint density at radius 1 is 1.14 bits per heavy atom. The monoisotopic (exact) mass is 416 g/mol. The Kier molecular flexibility index (Phi) is 5.12. The minimum absolute atomic E-state index is 0.0156. The summed E-state index contributed by atoms with van der Waals surface area (Å²) >= 11 is 7.57. The molecule has 1 fully saturated rings. The molecule has 0 saturated carbocycles. The van der Waals surface area contributed by atoms with Gasteiger partial charge in [-0.05, 0) is 31.2 Å². The third kappa shape index (κ3) is 3.40. The average Bonchev–Trinajstić information content (AvgIpc) is 3.27. The minimum atomic E-state index is 0.0156. The molecule has 1 aliphatic rings. The van der Waals surface area contributed by atoms with Crippen molar-refractivity contribution in [3.8, 4) is 5.69 Å². The van der Waals surface area contributed by atoms with Gasteiger partial charge in [-0.15, -0.1) is 11.3 Å². The highest BCUT2D eigenvalue weighted by molar-refractivity contribution is 7.20. The van der Waals surface area contributed by atoms with Crippen LogP contribution in [0.2, 0.25) is 5.02 Å². The zero-order valence-corrected chi connectivity index (χ0v) is 17.4. The van der Waals surface area contributed by atoms with E-state index in [0.717, 1.165) is 21.6 Å². The van der Waals surface area contributed by atoms with Gasteiger partial charge in [0.25, 0.3) is 5.91 Å². The van der Waals surface area contributed by atoms with Crippen LogP contribution < -0.4 is 0 Å². The maximum atomic E-state index is 13.0. The number of hydrogen-bond acceptors (Lipinski definition) is 4. The van der Waals surface area contributed by atoms with E-state index >= 15 is 0 Å². The van der Waals surface area contributed by atoms with Crippen LogP contribution in [-0.4, -0.2) is 57.6 Å². The number of carbonyl (C=O) groups excluding carboxylic acids is 2. The molecule has 0 spiro atoms. The van der Waals surface area contributed by atoms with Crippen LogP contribution in [0.25, 0.3) is 15.9 Å². The summed E-state index contributed by atoms with van der Waals surface area (Å²) in [6, 6.07) is 9.44. The SMILES string of the molecule is CCC(=O)N1CCN(C(=O)c2cc3c(C)nn(-c4cccc(Cl)c4)c3s2)CC1. The Bertz CT molecular complexity index is 1050. The van der Waals surface area contributed by atoms with Crippen molar-refractivity contribution in [2.75, 3.05) is 26.2 Å². The van der Waals surface area contributed by atoms with Crippen LogP contribution in [0, 0.1) is 6.92 Å². The van der Waals surface area contributed by atoms with Crippen molar-refractivity contribution in [1.29, 1.82) is 0 Å². The summed E-state index contributed by atoms with van der Waals surface area (Å²) < 4.78 is 1.84. The molecule has 0 radical (unpaired) electrons. The highest BCUT2D eigenvalue weighted by Gasteiger charge is 2.26. The number of amides is 2. The first-order valence-electron chi connectivity index (χ1n) is 9.30. The number of aromatic nitrogens is 2. The fourth-order valence-corrected chi connectivity index (χ4v) is 4.81. The van der Waals surface area contributed by atoms with Crippen LogP contribution in [0.5, 0.6) is 0 Å². The number of carbonyl (C=O) groups is 2. The maximum absolute atomic E-state index is 13.0. The zero-order valence-electron chi connectivity index (χ0n) is 15.8. The van der Waals surface area contributed by atoms with Crippen LogP contribution in [-0.2, 0) is 4.79 Å². The van der Waals surface area contributed by atoms with Crippen molar-refractivity contribution >= 4 is 45.0 Å². The van der Waals surface area contributed by atoms with Crippen LogP contribution in [0.15, 0.2) is 30.3 Å². The maximum Gasteiger partial charge on any atom is 0.264 e. The number of hydrogen-bond donors (Lipinski definition) is 0. The highest BCUT2D eigenvalue weighted by Crippen LogP contribution is 2.31. The molecule has 1 saturated heterocycles. The molecule has 0 atom stereocenters. The van der Waals surface area contributed by atoms with Gasteiger partial charge in [0.05, 0.1) is 16.3 Å². The van der Waals surface area contributed by atoms with Gasteiger partial charge in [0.2, 0.25) is 5.91 Å². The second kappa shape index (κ2) is 7.56. The van der Waals surface area contributed by atoms with Gasteiger partial charge in [-0.2, -0.15) is 5.10 Å². The second-order valence-electron chi connectivity index (χ2n) is 6.83. The van der Waals surface area contributed by atoms with Crippen LogP contribution in [0.4, 0.5) is 0 Å². The lowest BCUT2D eigenvalue weighted by Gasteiger charge is -2.34. The van der Waals surface area contributed by atoms with Gasteiger partial charge in [0.15, 0.2) is 0 Å². The molecular weight excluding hydrogens is 396 g/mol. The lowest BCUT2D eigenvalue weighted by molar-refractivity contribution is -0.132. The number of aryl methyl sites for hydroxylation is 1. The predicted octanol–water partition coefficient (Wildman–Crippen LogP) is 3.74. The summed E-state index contributed by atoms with van der Waals surface area (Å²) in [5.41, 5.74) is 1.75. The Hall–Kier alpha value is -2.38. The summed E-state index contributed by atoms with van der Waals surface area (Å²) in [5, 5.41) is 6.24. The van der Waals surface area contributed by atoms with Crippen molar-refractivity contribution in [2.24, 2.45) is 0 Å². The molecule has 0 bridgehead atoms. The molecule has 2 aromatic heterocycles. The minimum Gasteiger partial charge on any atom is -0.339 e. The smallest absolute Gasteiger partial charge is 0.264 e. The molecule has 28 heavy (non-hydrogen) atoms. The van der Waals surface area contributed by atoms with Crippen molar-refractivity contribution in [2.45, 2.75) is 20.3 Å². The Balaban J connectivity index is 1.59. The molecule has 1 aromatic carbocycles. The van der Waals surface area contributed by atoms with Crippen LogP contribution in [0.3, 0.4) is 0 Å². The fourth-order valence-electron chi connectivity index (χ4n) is 3.47. The molecule has 4 rings (SSSR count). The summed E-state index contributed by atoms with van der Waals surface area (Å²) in [7, 11) is 0. The number of piperazine rings is 1. The molecule has 3 aromatic rings. The standard InChI is InChI=1S/C20H21ClN4O2S/c1-3-18(26)23-7-9-24(10-8-23)19(27)17-12-16-13(2)22-25(20(16)28-17)15-6-4-5-14(21)11-15/h4-6,11-12H,3,7-10H2,1-2H3. The highest BCUT2D eigenvalue weighted by atomic mass is 35.5. The van der Waals surface area contributed by atoms with Gasteiger partial charge in [0.1, 0.15) is 4.83 Å². The van der Waals surface area contributed by atoms with Gasteiger partial charge in [-0.1, -0.05) is 24.6 Å². The number of fused-ring (bicyclic) bond motifs is 1. The third-order valence-electron chi connectivity index (χ3n) is 5.03. The number of nitrogens with zero attached hydrogens (tertiary/aromatic N) is 4. The lowest BCUT2D eigenvalue weighted by atomic mass is 10.2. The second-order valence-corrected chi connectivity index (χ2v) is 8.30. The molecule has 2 amide bonds. The van der Waals surface area contributed by atoms with Crippen molar-refractivity contribution in [1.82, 2.24) is 19.6 Å². The summed E-state index contributed by atoms with van der Waals surface area (Å²) in [4.78, 5) is 30.1. The van der Waals surface area contributed by atoms with Crippen molar-refractivity contribution in [3.05, 3.63) is 45.9 Å². The fraction of sp³-hybridized carbons (Fsp3) is 0.350. The molecule has 1 aliphatic heterocycles. The summed E-state index contributed by atoms with van der Waals surface area (Å²) in [5.74, 6) is 0.160. The van der Waals surface area contributed by atoms with Gasteiger partial charge >= 0.3 is 0 Å². The molecule has 0 unspecified atom stereocenters. The average molecular weight is 417 g/mol. The first-order valence-corrected chi connectivity index (χ1v) is 10.5. The van der Waals surface area contributed by atoms with Crippen molar-refractivity contribution < 1.29 is 9.59 Å². The quantitative estimate of drug-likeness (QED) is 0.653. The molecule has 146 valence electrons. The van der Waals surface area contributed by atoms with Gasteiger partial charge in [0, 0.05) is 43.0 Å². The number of rotatable bonds is 3. The molecular formula is C20H21ClN4O2S. The largest absolute Gasteiger partial charge is 0.339 e. The van der Waals surface area contributed by atoms with E-state index in [0.29, 0.717) is 42.5 Å². The van der Waals surface area contributed by atoms with E-state index in [1.807, 2.05) is 58.7 Å². The Labute approximate surface area is 172 Å². The normalized spacial score (nSPS) is 14.7. The van der Waals surface area contributed by atoms with E-state index in [-0.39, 0.29) is 11.8 Å². The Morgan fingerprint density at radius 3 is 2.54 bits per heavy atom.